The molecule has 0 amide bonds. The van der Waals surface area contributed by atoms with Crippen molar-refractivity contribution >= 4 is 32.7 Å². The van der Waals surface area contributed by atoms with E-state index >= 15 is 0 Å². The zero-order valence-corrected chi connectivity index (χ0v) is 19.2. The maximum absolute atomic E-state index is 13.6. The van der Waals surface area contributed by atoms with Gasteiger partial charge in [0.05, 0.1) is 39.8 Å². The first-order valence-corrected chi connectivity index (χ1v) is 11.2. The summed E-state index contributed by atoms with van der Waals surface area (Å²) in [5.74, 6) is -0.983. The van der Waals surface area contributed by atoms with Gasteiger partial charge in [0.25, 0.3) is 0 Å². The summed E-state index contributed by atoms with van der Waals surface area (Å²) < 4.78 is 53.5. The van der Waals surface area contributed by atoms with Crippen LogP contribution in [0.5, 0.6) is 28.7 Å². The second-order valence-electron chi connectivity index (χ2n) is 6.75. The van der Waals surface area contributed by atoms with Crippen molar-refractivity contribution < 1.29 is 41.7 Å². The van der Waals surface area contributed by atoms with E-state index in [2.05, 4.69) is 4.72 Å². The Balaban J connectivity index is 2.27. The summed E-state index contributed by atoms with van der Waals surface area (Å²) in [7, 11) is 1.62. The summed E-state index contributed by atoms with van der Waals surface area (Å²) in [4.78, 5) is 13.6. The smallest absolute Gasteiger partial charge is 0.236 e. The number of phenolic OH excluding ortho intramolecular Hbond substituents is 1. The van der Waals surface area contributed by atoms with E-state index in [1.807, 2.05) is 0 Å². The number of carbonyl (C=O) groups excluding carboxylic acids is 1. The van der Waals surface area contributed by atoms with E-state index in [1.165, 1.54) is 52.7 Å². The molecule has 1 aromatic heterocycles. The van der Waals surface area contributed by atoms with Gasteiger partial charge in [0, 0.05) is 17.5 Å². The molecule has 178 valence electrons. The first kappa shape index (κ1) is 24.0. The van der Waals surface area contributed by atoms with Gasteiger partial charge >= 0.3 is 0 Å². The highest BCUT2D eigenvalue weighted by atomic mass is 32.2. The third-order valence-electron chi connectivity index (χ3n) is 4.80. The van der Waals surface area contributed by atoms with Crippen molar-refractivity contribution in [1.82, 2.24) is 0 Å². The molecule has 0 aliphatic heterocycles. The van der Waals surface area contributed by atoms with Crippen molar-refractivity contribution in [3.05, 3.63) is 35.4 Å². The summed E-state index contributed by atoms with van der Waals surface area (Å²) in [6, 6.07) is 5.74. The van der Waals surface area contributed by atoms with Gasteiger partial charge in [-0.3, -0.25) is 9.52 Å². The highest BCUT2D eigenvalue weighted by Crippen LogP contribution is 2.43. The van der Waals surface area contributed by atoms with Crippen LogP contribution in [0.2, 0.25) is 0 Å². The number of nitrogens with one attached hydrogen (secondary N) is 1. The van der Waals surface area contributed by atoms with Gasteiger partial charge in [0.2, 0.25) is 27.4 Å². The van der Waals surface area contributed by atoms with Gasteiger partial charge in [-0.15, -0.1) is 0 Å². The van der Waals surface area contributed by atoms with E-state index in [4.69, 9.17) is 29.1 Å². The molecular formula is C21H24N2O9S. The van der Waals surface area contributed by atoms with Crippen molar-refractivity contribution in [2.75, 3.05) is 45.5 Å². The molecule has 12 heteroatoms. The number of ether oxygens (including phenoxy) is 4. The Hall–Kier alpha value is -3.64. The SMILES string of the molecule is COc1cc(C(=O)c2c(NS(=O)(=O)CCN)oc3c(O)c(OC)ccc23)cc(OC)c1OC. The Bertz CT molecular complexity index is 1270. The van der Waals surface area contributed by atoms with Crippen molar-refractivity contribution in [2.24, 2.45) is 5.73 Å². The van der Waals surface area contributed by atoms with Crippen LogP contribution in [0.1, 0.15) is 15.9 Å². The van der Waals surface area contributed by atoms with Gasteiger partial charge in [-0.2, -0.15) is 0 Å². The largest absolute Gasteiger partial charge is 0.502 e. The predicted octanol–water partition coefficient (Wildman–Crippen LogP) is 2.10. The van der Waals surface area contributed by atoms with Crippen molar-refractivity contribution in [2.45, 2.75) is 0 Å². The molecule has 0 unspecified atom stereocenters. The molecule has 0 bridgehead atoms. The summed E-state index contributed by atoms with van der Waals surface area (Å²) in [5.41, 5.74) is 5.22. The fourth-order valence-corrected chi connectivity index (χ4v) is 4.13. The fraction of sp³-hybridized carbons (Fsp3) is 0.286. The van der Waals surface area contributed by atoms with Crippen molar-refractivity contribution in [1.29, 1.82) is 0 Å². The standard InChI is InChI=1S/C21H24N2O9S/c1-28-13-6-5-12-16(21(32-19(12)18(13)25)23-33(26,27)8-7-22)17(24)11-9-14(29-2)20(31-4)15(10-11)30-3/h5-6,9-10,23,25H,7-8,22H2,1-4H3. The number of furan rings is 1. The minimum Gasteiger partial charge on any atom is -0.502 e. The molecule has 11 nitrogen and oxygen atoms in total. The number of benzene rings is 2. The van der Waals surface area contributed by atoms with E-state index in [1.54, 1.807) is 0 Å². The number of anilines is 1. The molecule has 3 rings (SSSR count). The van der Waals surface area contributed by atoms with Gasteiger partial charge < -0.3 is 34.2 Å². The molecular weight excluding hydrogens is 456 g/mol. The molecule has 0 aliphatic carbocycles. The molecule has 2 aromatic carbocycles. The number of phenols is 1. The number of sulfonamides is 1. The summed E-state index contributed by atoms with van der Waals surface area (Å²) in [6.45, 7) is -0.148. The highest BCUT2D eigenvalue weighted by Gasteiger charge is 2.29. The van der Waals surface area contributed by atoms with Gasteiger partial charge in [0.1, 0.15) is 0 Å². The van der Waals surface area contributed by atoms with Gasteiger partial charge in [-0.25, -0.2) is 8.42 Å². The lowest BCUT2D eigenvalue weighted by atomic mass is 10.0. The molecule has 0 saturated heterocycles. The fourth-order valence-electron chi connectivity index (χ4n) is 3.29. The Morgan fingerprint density at radius 3 is 2.15 bits per heavy atom. The van der Waals surface area contributed by atoms with Crippen LogP contribution in [0.3, 0.4) is 0 Å². The third kappa shape index (κ3) is 4.47. The Morgan fingerprint density at radius 1 is 1.03 bits per heavy atom. The first-order chi connectivity index (χ1) is 15.7. The normalized spacial score (nSPS) is 11.3. The molecule has 0 spiro atoms. The lowest BCUT2D eigenvalue weighted by Gasteiger charge is -2.14. The number of ketones is 1. The molecule has 0 saturated carbocycles. The van der Waals surface area contributed by atoms with Gasteiger partial charge in [0.15, 0.2) is 28.6 Å². The summed E-state index contributed by atoms with van der Waals surface area (Å²) in [6.07, 6.45) is 0. The van der Waals surface area contributed by atoms with Crippen LogP contribution in [0, 0.1) is 0 Å². The van der Waals surface area contributed by atoms with Crippen LogP contribution in [0.25, 0.3) is 11.0 Å². The number of nitrogens with two attached hydrogens (primary N) is 1. The number of fused-ring (bicyclic) bond motifs is 1. The predicted molar refractivity (Wildman–Crippen MR) is 120 cm³/mol. The second kappa shape index (κ2) is 9.46. The highest BCUT2D eigenvalue weighted by molar-refractivity contribution is 7.92. The summed E-state index contributed by atoms with van der Waals surface area (Å²) >= 11 is 0. The molecule has 3 aromatic rings. The molecule has 0 radical (unpaired) electrons. The van der Waals surface area contributed by atoms with E-state index in [0.717, 1.165) is 0 Å². The zero-order valence-electron chi connectivity index (χ0n) is 18.4. The minimum absolute atomic E-state index is 0.0828. The monoisotopic (exact) mass is 480 g/mol. The number of hydrogen-bond acceptors (Lipinski definition) is 10. The van der Waals surface area contributed by atoms with Crippen molar-refractivity contribution in [3.63, 3.8) is 0 Å². The van der Waals surface area contributed by atoms with E-state index in [-0.39, 0.29) is 57.5 Å². The van der Waals surface area contributed by atoms with Crippen LogP contribution in [-0.4, -0.2) is 60.0 Å². The summed E-state index contributed by atoms with van der Waals surface area (Å²) in [5, 5.41) is 10.7. The molecule has 0 atom stereocenters. The Labute approximate surface area is 190 Å². The molecule has 0 aliphatic rings. The lowest BCUT2D eigenvalue weighted by Crippen LogP contribution is -2.23. The minimum atomic E-state index is -3.94. The number of rotatable bonds is 10. The average molecular weight is 480 g/mol. The van der Waals surface area contributed by atoms with E-state index < -0.39 is 27.3 Å². The number of methoxy groups -OCH3 is 4. The number of aromatic hydroxyl groups is 1. The van der Waals surface area contributed by atoms with E-state index in [9.17, 15) is 18.3 Å². The van der Waals surface area contributed by atoms with Crippen LogP contribution in [-0.2, 0) is 10.0 Å². The third-order valence-corrected chi connectivity index (χ3v) is 6.07. The maximum atomic E-state index is 13.6. The van der Waals surface area contributed by atoms with E-state index in [0.29, 0.717) is 0 Å². The van der Waals surface area contributed by atoms with Crippen molar-refractivity contribution in [3.8, 4) is 28.7 Å². The van der Waals surface area contributed by atoms with Gasteiger partial charge in [-0.1, -0.05) is 0 Å². The molecule has 4 N–H and O–H groups in total. The van der Waals surface area contributed by atoms with Gasteiger partial charge in [-0.05, 0) is 24.3 Å². The number of hydrogen-bond donors (Lipinski definition) is 3. The van der Waals surface area contributed by atoms with Crippen LogP contribution in [0.15, 0.2) is 28.7 Å². The quantitative estimate of drug-likeness (QED) is 0.367. The van der Waals surface area contributed by atoms with Crippen LogP contribution >= 0.6 is 0 Å². The zero-order chi connectivity index (χ0) is 24.3. The maximum Gasteiger partial charge on any atom is 0.236 e. The average Bonchev–Trinajstić information content (AvgIpc) is 3.15. The number of carbonyl (C=O) groups is 1. The molecule has 0 fully saturated rings. The molecule has 1 heterocycles. The Morgan fingerprint density at radius 2 is 1.64 bits per heavy atom. The Kier molecular flexibility index (Phi) is 6.89. The lowest BCUT2D eigenvalue weighted by molar-refractivity contribution is 0.103. The topological polar surface area (TPSA) is 160 Å². The van der Waals surface area contributed by atoms with Crippen LogP contribution < -0.4 is 29.4 Å². The molecule has 33 heavy (non-hydrogen) atoms. The first-order valence-electron chi connectivity index (χ1n) is 9.59. The van der Waals surface area contributed by atoms with Crippen LogP contribution in [0.4, 0.5) is 5.88 Å². The second-order valence-corrected chi connectivity index (χ2v) is 8.59.